The number of nitrogens with zero attached hydrogens (tertiary/aromatic N) is 1. The second-order valence-electron chi connectivity index (χ2n) is 6.44. The number of ether oxygens (including phenoxy) is 2. The monoisotopic (exact) mass is 418 g/mol. The number of amides is 2. The lowest BCUT2D eigenvalue weighted by Crippen LogP contribution is -2.29. The molecule has 0 radical (unpaired) electrons. The van der Waals surface area contributed by atoms with Gasteiger partial charge in [-0.2, -0.15) is 0 Å². The third-order valence-electron chi connectivity index (χ3n) is 4.63. The molecule has 29 heavy (non-hydrogen) atoms. The highest BCUT2D eigenvalue weighted by Crippen LogP contribution is 2.25. The Morgan fingerprint density at radius 3 is 2.21 bits per heavy atom. The fourth-order valence-electron chi connectivity index (χ4n) is 3.12. The minimum absolute atomic E-state index is 0.0537. The zero-order valence-corrected chi connectivity index (χ0v) is 17.0. The molecular weight excluding hydrogens is 396 g/mol. The van der Waals surface area contributed by atoms with Gasteiger partial charge in [0, 0.05) is 19.4 Å². The molecule has 1 saturated heterocycles. The van der Waals surface area contributed by atoms with E-state index in [4.69, 9.17) is 9.47 Å². The molecule has 2 amide bonds. The van der Waals surface area contributed by atoms with Gasteiger partial charge < -0.3 is 9.47 Å². The molecule has 0 saturated carbocycles. The maximum atomic E-state index is 12.5. The largest absolute Gasteiger partial charge is 0.497 e. The molecule has 0 bridgehead atoms. The zero-order valence-electron chi connectivity index (χ0n) is 16.2. The summed E-state index contributed by atoms with van der Waals surface area (Å²) in [7, 11) is -0.638. The number of hydrogen-bond donors (Lipinski definition) is 1. The molecule has 0 atom stereocenters. The van der Waals surface area contributed by atoms with Gasteiger partial charge in [-0.15, -0.1) is 0 Å². The number of hydrogen-bond acceptors (Lipinski definition) is 6. The van der Waals surface area contributed by atoms with E-state index in [2.05, 4.69) is 4.72 Å². The molecule has 0 spiro atoms. The summed E-state index contributed by atoms with van der Waals surface area (Å²) in [5.74, 6) is 0.742. The van der Waals surface area contributed by atoms with Crippen molar-refractivity contribution >= 4 is 27.5 Å². The average molecular weight is 418 g/mol. The zero-order chi connectivity index (χ0) is 21.0. The number of nitrogens with one attached hydrogen (secondary N) is 1. The SMILES string of the molecule is COc1ccc(OC)c(CCNS(=O)(=O)c2ccc(N3C(=O)CCC3=O)cc2)c1. The topological polar surface area (TPSA) is 102 Å². The first-order chi connectivity index (χ1) is 13.9. The lowest BCUT2D eigenvalue weighted by molar-refractivity contribution is -0.121. The van der Waals surface area contributed by atoms with E-state index in [-0.39, 0.29) is 36.1 Å². The van der Waals surface area contributed by atoms with Crippen LogP contribution in [0.15, 0.2) is 47.4 Å². The predicted octanol–water partition coefficient (Wildman–Crippen LogP) is 1.88. The fourth-order valence-corrected chi connectivity index (χ4v) is 4.15. The lowest BCUT2D eigenvalue weighted by Gasteiger charge is -2.14. The Kier molecular flexibility index (Phi) is 6.19. The standard InChI is InChI=1S/C20H22N2O6S/c1-27-16-5-8-18(28-2)14(13-16)11-12-21-29(25,26)17-6-3-15(4-7-17)22-19(23)9-10-20(22)24/h3-8,13,21H,9-12H2,1-2H3. The van der Waals surface area contributed by atoms with E-state index in [1.165, 1.54) is 24.3 Å². The first kappa shape index (κ1) is 20.8. The van der Waals surface area contributed by atoms with E-state index < -0.39 is 10.0 Å². The average Bonchev–Trinajstić information content (AvgIpc) is 3.06. The summed E-state index contributed by atoms with van der Waals surface area (Å²) in [5, 5.41) is 0. The van der Waals surface area contributed by atoms with Crippen LogP contribution in [-0.2, 0) is 26.0 Å². The van der Waals surface area contributed by atoms with Crippen LogP contribution in [0.5, 0.6) is 11.5 Å². The van der Waals surface area contributed by atoms with Gasteiger partial charge in [-0.1, -0.05) is 0 Å². The maximum Gasteiger partial charge on any atom is 0.240 e. The van der Waals surface area contributed by atoms with Crippen molar-refractivity contribution in [2.45, 2.75) is 24.2 Å². The van der Waals surface area contributed by atoms with Crippen LogP contribution in [0, 0.1) is 0 Å². The molecule has 2 aromatic carbocycles. The van der Waals surface area contributed by atoms with Crippen LogP contribution < -0.4 is 19.1 Å². The first-order valence-electron chi connectivity index (χ1n) is 9.02. The van der Waals surface area contributed by atoms with Crippen molar-refractivity contribution in [1.29, 1.82) is 0 Å². The van der Waals surface area contributed by atoms with Crippen molar-refractivity contribution in [1.82, 2.24) is 4.72 Å². The smallest absolute Gasteiger partial charge is 0.240 e. The summed E-state index contributed by atoms with van der Waals surface area (Å²) in [6.07, 6.45) is 0.761. The van der Waals surface area contributed by atoms with Crippen molar-refractivity contribution in [3.8, 4) is 11.5 Å². The van der Waals surface area contributed by atoms with Gasteiger partial charge in [0.1, 0.15) is 11.5 Å². The van der Waals surface area contributed by atoms with Crippen LogP contribution >= 0.6 is 0 Å². The molecule has 1 N–H and O–H groups in total. The Morgan fingerprint density at radius 2 is 1.62 bits per heavy atom. The number of rotatable bonds is 8. The fraction of sp³-hybridized carbons (Fsp3) is 0.300. The van der Waals surface area contributed by atoms with Crippen LogP contribution in [0.1, 0.15) is 18.4 Å². The van der Waals surface area contributed by atoms with E-state index in [0.717, 1.165) is 10.5 Å². The Bertz CT molecular complexity index is 1000. The highest BCUT2D eigenvalue weighted by Gasteiger charge is 2.30. The van der Waals surface area contributed by atoms with Gasteiger partial charge in [-0.05, 0) is 54.4 Å². The van der Waals surface area contributed by atoms with Gasteiger partial charge in [0.25, 0.3) is 0 Å². The Balaban J connectivity index is 1.67. The molecular formula is C20H22N2O6S. The molecule has 0 aliphatic carbocycles. The number of sulfonamides is 1. The number of anilines is 1. The number of carbonyl (C=O) groups excluding carboxylic acids is 2. The minimum Gasteiger partial charge on any atom is -0.497 e. The second kappa shape index (κ2) is 8.62. The lowest BCUT2D eigenvalue weighted by atomic mass is 10.1. The molecule has 0 unspecified atom stereocenters. The van der Waals surface area contributed by atoms with Crippen LogP contribution in [0.4, 0.5) is 5.69 Å². The van der Waals surface area contributed by atoms with E-state index in [1.807, 2.05) is 0 Å². The van der Waals surface area contributed by atoms with Gasteiger partial charge in [-0.25, -0.2) is 13.1 Å². The van der Waals surface area contributed by atoms with Gasteiger partial charge in [-0.3, -0.25) is 14.5 Å². The summed E-state index contributed by atoms with van der Waals surface area (Å²) in [6.45, 7) is 0.163. The van der Waals surface area contributed by atoms with Crippen molar-refractivity contribution in [3.05, 3.63) is 48.0 Å². The molecule has 154 valence electrons. The molecule has 2 aromatic rings. The number of benzene rings is 2. The molecule has 3 rings (SSSR count). The van der Waals surface area contributed by atoms with Crippen LogP contribution in [-0.4, -0.2) is 41.0 Å². The van der Waals surface area contributed by atoms with Crippen LogP contribution in [0.25, 0.3) is 0 Å². The number of imide groups is 1. The molecule has 1 aliphatic heterocycles. The Morgan fingerprint density at radius 1 is 0.966 bits per heavy atom. The molecule has 0 aromatic heterocycles. The van der Waals surface area contributed by atoms with Gasteiger partial charge in [0.05, 0.1) is 24.8 Å². The second-order valence-corrected chi connectivity index (χ2v) is 8.21. The third kappa shape index (κ3) is 4.57. The Hall–Kier alpha value is -2.91. The normalized spacial score (nSPS) is 14.3. The summed E-state index contributed by atoms with van der Waals surface area (Å²) in [5.41, 5.74) is 1.19. The quantitative estimate of drug-likeness (QED) is 0.657. The molecule has 1 fully saturated rings. The van der Waals surface area contributed by atoms with Crippen molar-refractivity contribution in [2.24, 2.45) is 0 Å². The third-order valence-corrected chi connectivity index (χ3v) is 6.11. The van der Waals surface area contributed by atoms with E-state index >= 15 is 0 Å². The number of methoxy groups -OCH3 is 2. The van der Waals surface area contributed by atoms with E-state index in [0.29, 0.717) is 23.6 Å². The van der Waals surface area contributed by atoms with Gasteiger partial charge in [0.2, 0.25) is 21.8 Å². The molecule has 8 nitrogen and oxygen atoms in total. The van der Waals surface area contributed by atoms with Crippen molar-refractivity contribution < 1.29 is 27.5 Å². The van der Waals surface area contributed by atoms with Gasteiger partial charge >= 0.3 is 0 Å². The summed E-state index contributed by atoms with van der Waals surface area (Å²) in [4.78, 5) is 24.7. The highest BCUT2D eigenvalue weighted by atomic mass is 32.2. The molecule has 1 heterocycles. The van der Waals surface area contributed by atoms with E-state index in [9.17, 15) is 18.0 Å². The van der Waals surface area contributed by atoms with Crippen LogP contribution in [0.3, 0.4) is 0 Å². The van der Waals surface area contributed by atoms with Crippen molar-refractivity contribution in [3.63, 3.8) is 0 Å². The first-order valence-corrected chi connectivity index (χ1v) is 10.5. The molecule has 1 aliphatic rings. The summed E-state index contributed by atoms with van der Waals surface area (Å²) in [6, 6.07) is 11.0. The highest BCUT2D eigenvalue weighted by molar-refractivity contribution is 7.89. The minimum atomic E-state index is -3.74. The van der Waals surface area contributed by atoms with Crippen LogP contribution in [0.2, 0.25) is 0 Å². The van der Waals surface area contributed by atoms with Gasteiger partial charge in [0.15, 0.2) is 0 Å². The van der Waals surface area contributed by atoms with E-state index in [1.54, 1.807) is 32.4 Å². The summed E-state index contributed by atoms with van der Waals surface area (Å²) >= 11 is 0. The number of carbonyl (C=O) groups is 2. The predicted molar refractivity (Wildman–Crippen MR) is 107 cm³/mol. The maximum absolute atomic E-state index is 12.5. The summed E-state index contributed by atoms with van der Waals surface area (Å²) < 4.78 is 38.1. The van der Waals surface area contributed by atoms with Crippen molar-refractivity contribution in [2.75, 3.05) is 25.7 Å². The Labute approximate surface area is 169 Å². The molecule has 9 heteroatoms.